The Kier molecular flexibility index (Phi) is 8.13. The zero-order valence-electron chi connectivity index (χ0n) is 16.1. The first-order chi connectivity index (χ1) is 13.4. The number of carbonyl (C=O) groups excluding carboxylic acids is 2. The van der Waals surface area contributed by atoms with Crippen LogP contribution in [-0.2, 0) is 7.05 Å². The zero-order valence-corrected chi connectivity index (χ0v) is 16.9. The van der Waals surface area contributed by atoms with E-state index in [2.05, 4.69) is 25.1 Å². The van der Waals surface area contributed by atoms with Crippen LogP contribution in [-0.4, -0.2) is 23.1 Å². The largest absolute Gasteiger partial charge is 0.494 e. The minimum absolute atomic E-state index is 0.198. The fourth-order valence-corrected chi connectivity index (χ4v) is 2.65. The van der Waals surface area contributed by atoms with E-state index in [1.165, 1.54) is 42.8 Å². The molecule has 2 rings (SSSR count). The van der Waals surface area contributed by atoms with E-state index < -0.39 is 11.9 Å². The molecule has 28 heavy (non-hydrogen) atoms. The summed E-state index contributed by atoms with van der Waals surface area (Å²) in [7, 11) is 1.53. The highest BCUT2D eigenvalue weighted by molar-refractivity contribution is 7.82. The van der Waals surface area contributed by atoms with Gasteiger partial charge < -0.3 is 9.30 Å². The molecule has 8 heteroatoms. The fourth-order valence-electron chi connectivity index (χ4n) is 2.47. The number of imide groups is 1. The van der Waals surface area contributed by atoms with Crippen molar-refractivity contribution < 1.29 is 14.3 Å². The molecule has 0 atom stereocenters. The number of ether oxygens (including phenoxy) is 1. The standard InChI is InChI=1S/C20H25N3O4S/c1-3-4-5-6-13-27-17-10-8-16(9-11-17)23(28)20(26)21-19(25)15-7-12-18(24)22(2)14-15/h7-12,14,28H,3-6,13H2,1-2H3,(H,21,25,26). The molecule has 0 aliphatic rings. The van der Waals surface area contributed by atoms with Crippen molar-refractivity contribution in [1.82, 2.24) is 9.88 Å². The Labute approximate surface area is 169 Å². The lowest BCUT2D eigenvalue weighted by molar-refractivity contribution is 0.0965. The number of urea groups is 1. The van der Waals surface area contributed by atoms with Gasteiger partial charge in [-0.15, -0.1) is 0 Å². The molecule has 0 saturated carbocycles. The maximum Gasteiger partial charge on any atom is 0.338 e. The number of thiol groups is 1. The topological polar surface area (TPSA) is 80.6 Å². The molecule has 150 valence electrons. The lowest BCUT2D eigenvalue weighted by Crippen LogP contribution is -2.38. The number of unbranched alkanes of at least 4 members (excludes halogenated alkanes) is 3. The Balaban J connectivity index is 1.90. The molecule has 0 aliphatic carbocycles. The van der Waals surface area contributed by atoms with Gasteiger partial charge in [-0.3, -0.25) is 14.9 Å². The SMILES string of the molecule is CCCCCCOc1ccc(N(S)C(=O)NC(=O)c2ccc(=O)n(C)c2)cc1. The lowest BCUT2D eigenvalue weighted by atomic mass is 10.2. The van der Waals surface area contributed by atoms with Gasteiger partial charge in [0.15, 0.2) is 0 Å². The third-order valence-corrected chi connectivity index (χ3v) is 4.52. The first-order valence-corrected chi connectivity index (χ1v) is 9.56. The van der Waals surface area contributed by atoms with Crippen molar-refractivity contribution in [1.29, 1.82) is 0 Å². The number of benzene rings is 1. The van der Waals surface area contributed by atoms with Crippen LogP contribution in [0.5, 0.6) is 5.75 Å². The van der Waals surface area contributed by atoms with E-state index in [1.807, 2.05) is 0 Å². The quantitative estimate of drug-likeness (QED) is 0.522. The Bertz CT molecular complexity index is 864. The van der Waals surface area contributed by atoms with Gasteiger partial charge in [0.2, 0.25) is 5.56 Å². The average Bonchev–Trinajstić information content (AvgIpc) is 2.69. The summed E-state index contributed by atoms with van der Waals surface area (Å²) in [5, 5.41) is 2.23. The molecule has 0 fully saturated rings. The Hall–Kier alpha value is -2.74. The molecule has 7 nitrogen and oxygen atoms in total. The molecule has 2 aromatic rings. The van der Waals surface area contributed by atoms with Gasteiger partial charge >= 0.3 is 6.03 Å². The Morgan fingerprint density at radius 3 is 2.46 bits per heavy atom. The van der Waals surface area contributed by atoms with E-state index in [-0.39, 0.29) is 11.1 Å². The van der Waals surface area contributed by atoms with Crippen molar-refractivity contribution in [3.05, 3.63) is 58.5 Å². The summed E-state index contributed by atoms with van der Waals surface area (Å²) in [6.07, 6.45) is 5.89. The van der Waals surface area contributed by atoms with E-state index in [4.69, 9.17) is 4.74 Å². The van der Waals surface area contributed by atoms with Gasteiger partial charge in [-0.05, 0) is 36.8 Å². The number of hydrogen-bond donors (Lipinski definition) is 2. The van der Waals surface area contributed by atoms with Crippen molar-refractivity contribution in [2.24, 2.45) is 7.05 Å². The van der Waals surface area contributed by atoms with Gasteiger partial charge in [0.1, 0.15) is 5.75 Å². The van der Waals surface area contributed by atoms with Crippen LogP contribution in [0, 0.1) is 0 Å². The fraction of sp³-hybridized carbons (Fsp3) is 0.350. The van der Waals surface area contributed by atoms with Gasteiger partial charge in [-0.2, -0.15) is 0 Å². The summed E-state index contributed by atoms with van der Waals surface area (Å²) in [5.74, 6) is 0.0929. The number of anilines is 1. The number of amides is 3. The molecule has 0 aliphatic heterocycles. The molecule has 0 unspecified atom stereocenters. The highest BCUT2D eigenvalue weighted by atomic mass is 32.1. The van der Waals surface area contributed by atoms with Gasteiger partial charge in [0, 0.05) is 19.3 Å². The molecule has 0 radical (unpaired) electrons. The van der Waals surface area contributed by atoms with Gasteiger partial charge in [0.05, 0.1) is 17.9 Å². The summed E-state index contributed by atoms with van der Waals surface area (Å²) >= 11 is 4.15. The number of nitrogens with one attached hydrogen (secondary N) is 1. The van der Waals surface area contributed by atoms with E-state index in [0.717, 1.165) is 17.1 Å². The van der Waals surface area contributed by atoms with Crippen LogP contribution in [0.2, 0.25) is 0 Å². The van der Waals surface area contributed by atoms with E-state index in [9.17, 15) is 14.4 Å². The first-order valence-electron chi connectivity index (χ1n) is 9.16. The van der Waals surface area contributed by atoms with Crippen LogP contribution >= 0.6 is 12.8 Å². The van der Waals surface area contributed by atoms with Crippen LogP contribution in [0.4, 0.5) is 10.5 Å². The molecule has 0 bridgehead atoms. The van der Waals surface area contributed by atoms with Crippen LogP contribution < -0.4 is 19.9 Å². The molecule has 0 spiro atoms. The number of pyridine rings is 1. The number of carbonyl (C=O) groups is 2. The summed E-state index contributed by atoms with van der Waals surface area (Å²) in [6, 6.07) is 8.80. The number of aromatic nitrogens is 1. The van der Waals surface area contributed by atoms with Crippen molar-refractivity contribution in [2.75, 3.05) is 10.9 Å². The second kappa shape index (κ2) is 10.6. The minimum Gasteiger partial charge on any atom is -0.494 e. The van der Waals surface area contributed by atoms with Crippen LogP contribution in [0.25, 0.3) is 0 Å². The molecule has 1 aromatic heterocycles. The van der Waals surface area contributed by atoms with Crippen molar-refractivity contribution >= 4 is 30.4 Å². The van der Waals surface area contributed by atoms with Gasteiger partial charge in [-0.25, -0.2) is 9.10 Å². The van der Waals surface area contributed by atoms with Gasteiger partial charge in [-0.1, -0.05) is 39.0 Å². The lowest BCUT2D eigenvalue weighted by Gasteiger charge is -2.16. The summed E-state index contributed by atoms with van der Waals surface area (Å²) in [6.45, 7) is 2.81. The maximum absolute atomic E-state index is 12.3. The predicted octanol–water partition coefficient (Wildman–Crippen LogP) is 3.55. The van der Waals surface area contributed by atoms with E-state index >= 15 is 0 Å². The zero-order chi connectivity index (χ0) is 20.5. The predicted molar refractivity (Wildman–Crippen MR) is 112 cm³/mol. The Morgan fingerprint density at radius 1 is 1.11 bits per heavy atom. The van der Waals surface area contributed by atoms with Crippen molar-refractivity contribution in [3.8, 4) is 5.75 Å². The van der Waals surface area contributed by atoms with Crippen molar-refractivity contribution in [2.45, 2.75) is 32.6 Å². The molecular formula is C20H25N3O4S. The maximum atomic E-state index is 12.3. The first kappa shape index (κ1) is 21.6. The number of hydrogen-bond acceptors (Lipinski definition) is 5. The smallest absolute Gasteiger partial charge is 0.338 e. The van der Waals surface area contributed by atoms with Crippen LogP contribution in [0.1, 0.15) is 43.0 Å². The summed E-state index contributed by atoms with van der Waals surface area (Å²) < 4.78 is 7.96. The third kappa shape index (κ3) is 6.16. The van der Waals surface area contributed by atoms with Crippen LogP contribution in [0.3, 0.4) is 0 Å². The summed E-state index contributed by atoms with van der Waals surface area (Å²) in [4.78, 5) is 35.8. The number of aryl methyl sites for hydroxylation is 1. The van der Waals surface area contributed by atoms with E-state index in [0.29, 0.717) is 18.0 Å². The van der Waals surface area contributed by atoms with Crippen molar-refractivity contribution in [3.63, 3.8) is 0 Å². The minimum atomic E-state index is -0.699. The van der Waals surface area contributed by atoms with Gasteiger partial charge in [0.25, 0.3) is 5.91 Å². The molecular weight excluding hydrogens is 378 g/mol. The Morgan fingerprint density at radius 2 is 1.82 bits per heavy atom. The second-order valence-corrected chi connectivity index (χ2v) is 6.74. The van der Waals surface area contributed by atoms with E-state index in [1.54, 1.807) is 24.3 Å². The number of nitrogens with zero attached hydrogens (tertiary/aromatic N) is 2. The molecule has 0 saturated heterocycles. The monoisotopic (exact) mass is 403 g/mol. The highest BCUT2D eigenvalue weighted by Crippen LogP contribution is 2.21. The number of rotatable bonds is 8. The normalized spacial score (nSPS) is 10.4. The highest BCUT2D eigenvalue weighted by Gasteiger charge is 2.17. The molecule has 1 aromatic carbocycles. The van der Waals surface area contributed by atoms with Crippen LogP contribution in [0.15, 0.2) is 47.4 Å². The molecule has 3 amide bonds. The molecule has 1 heterocycles. The third-order valence-electron chi connectivity index (χ3n) is 4.11. The summed E-state index contributed by atoms with van der Waals surface area (Å²) in [5.41, 5.74) is 0.447. The average molecular weight is 404 g/mol. The second-order valence-electron chi connectivity index (χ2n) is 6.34. The molecule has 1 N–H and O–H groups in total.